The van der Waals surface area contributed by atoms with Gasteiger partial charge in [0, 0.05) is 11.8 Å². The van der Waals surface area contributed by atoms with Gasteiger partial charge in [0.25, 0.3) is 5.91 Å². The molecule has 0 fully saturated rings. The molecule has 31 heavy (non-hydrogen) atoms. The van der Waals surface area contributed by atoms with Crippen LogP contribution in [0.4, 0.5) is 18.9 Å². The molecule has 3 rings (SSSR count). The third-order valence-corrected chi connectivity index (χ3v) is 4.30. The predicted octanol–water partition coefficient (Wildman–Crippen LogP) is 6.08. The van der Waals surface area contributed by atoms with E-state index in [0.29, 0.717) is 16.5 Å². The third-order valence-electron chi connectivity index (χ3n) is 3.99. The summed E-state index contributed by atoms with van der Waals surface area (Å²) in [6.07, 6.45) is -3.37. The largest absolute Gasteiger partial charge is 0.484 e. The SMILES string of the molecule is N#C/C(=C\c1ccc(COc2ccccc2Cl)o1)C(=O)Nc1cccc(C(F)(F)F)c1. The molecule has 0 spiro atoms. The molecular weight excluding hydrogens is 433 g/mol. The molecule has 1 aromatic heterocycles. The number of nitriles is 1. The number of amides is 1. The number of carbonyl (C=O) groups excluding carboxylic acids is 1. The molecule has 0 aliphatic carbocycles. The molecule has 158 valence electrons. The van der Waals surface area contributed by atoms with E-state index in [1.165, 1.54) is 18.2 Å². The van der Waals surface area contributed by atoms with Crippen molar-refractivity contribution in [3.05, 3.63) is 88.3 Å². The van der Waals surface area contributed by atoms with Crippen LogP contribution in [0.5, 0.6) is 5.75 Å². The van der Waals surface area contributed by atoms with Crippen molar-refractivity contribution in [2.75, 3.05) is 5.32 Å². The number of halogens is 4. The standard InChI is InChI=1S/C22H14ClF3N2O3/c23-19-6-1-2-7-20(19)30-13-18-9-8-17(31-18)10-14(12-27)21(29)28-16-5-3-4-15(11-16)22(24,25)26/h1-11H,13H2,(H,28,29)/b14-10+. The molecule has 0 saturated carbocycles. The highest BCUT2D eigenvalue weighted by Crippen LogP contribution is 2.31. The number of anilines is 1. The van der Waals surface area contributed by atoms with Crippen LogP contribution < -0.4 is 10.1 Å². The quantitative estimate of drug-likeness (QED) is 0.368. The van der Waals surface area contributed by atoms with Gasteiger partial charge < -0.3 is 14.5 Å². The van der Waals surface area contributed by atoms with Crippen LogP contribution in [0.15, 0.2) is 70.7 Å². The maximum atomic E-state index is 12.8. The van der Waals surface area contributed by atoms with E-state index in [4.69, 9.17) is 20.8 Å². The number of ether oxygens (including phenoxy) is 1. The van der Waals surface area contributed by atoms with E-state index in [1.807, 2.05) is 0 Å². The highest BCUT2D eigenvalue weighted by atomic mass is 35.5. The summed E-state index contributed by atoms with van der Waals surface area (Å²) in [5.74, 6) is 0.221. The average Bonchev–Trinajstić information content (AvgIpc) is 3.18. The zero-order chi connectivity index (χ0) is 22.4. The van der Waals surface area contributed by atoms with Crippen LogP contribution in [-0.4, -0.2) is 5.91 Å². The Kier molecular flexibility index (Phi) is 6.68. The van der Waals surface area contributed by atoms with Crippen molar-refractivity contribution in [1.82, 2.24) is 0 Å². The monoisotopic (exact) mass is 446 g/mol. The number of benzene rings is 2. The fourth-order valence-electron chi connectivity index (χ4n) is 2.52. The van der Waals surface area contributed by atoms with Gasteiger partial charge in [-0.05, 0) is 42.5 Å². The summed E-state index contributed by atoms with van der Waals surface area (Å²) in [4.78, 5) is 12.3. The topological polar surface area (TPSA) is 75.3 Å². The molecule has 0 radical (unpaired) electrons. The van der Waals surface area contributed by atoms with Crippen LogP contribution in [0.3, 0.4) is 0 Å². The van der Waals surface area contributed by atoms with E-state index in [-0.39, 0.29) is 23.6 Å². The summed E-state index contributed by atoms with van der Waals surface area (Å²) in [5, 5.41) is 12.0. The minimum Gasteiger partial charge on any atom is -0.484 e. The number of alkyl halides is 3. The Bertz CT molecular complexity index is 1160. The minimum absolute atomic E-state index is 0.0654. The first-order valence-corrected chi connectivity index (χ1v) is 9.20. The first-order chi connectivity index (χ1) is 14.8. The summed E-state index contributed by atoms with van der Waals surface area (Å²) in [6, 6.07) is 15.8. The van der Waals surface area contributed by atoms with Gasteiger partial charge in [-0.15, -0.1) is 0 Å². The van der Waals surface area contributed by atoms with E-state index in [2.05, 4.69) is 5.32 Å². The van der Waals surface area contributed by atoms with Crippen LogP contribution in [0.1, 0.15) is 17.1 Å². The maximum absolute atomic E-state index is 12.8. The second kappa shape index (κ2) is 9.41. The molecule has 0 saturated heterocycles. The van der Waals surface area contributed by atoms with Crippen molar-refractivity contribution in [3.8, 4) is 11.8 Å². The Morgan fingerprint density at radius 1 is 1.16 bits per heavy atom. The van der Waals surface area contributed by atoms with Gasteiger partial charge in [0.1, 0.15) is 35.5 Å². The van der Waals surface area contributed by atoms with E-state index >= 15 is 0 Å². The number of nitrogens with zero attached hydrogens (tertiary/aromatic N) is 1. The molecule has 0 bridgehead atoms. The third kappa shape index (κ3) is 5.90. The zero-order valence-corrected chi connectivity index (χ0v) is 16.5. The van der Waals surface area contributed by atoms with E-state index in [9.17, 15) is 23.2 Å². The first-order valence-electron chi connectivity index (χ1n) is 8.83. The lowest BCUT2D eigenvalue weighted by atomic mass is 10.1. The fraction of sp³-hybridized carbons (Fsp3) is 0.0909. The highest BCUT2D eigenvalue weighted by Gasteiger charge is 2.30. The number of rotatable bonds is 6. The van der Waals surface area contributed by atoms with Gasteiger partial charge in [-0.1, -0.05) is 29.8 Å². The summed E-state index contributed by atoms with van der Waals surface area (Å²) in [6.45, 7) is 0.0654. The van der Waals surface area contributed by atoms with Gasteiger partial charge in [0.2, 0.25) is 0 Å². The average molecular weight is 447 g/mol. The molecule has 1 N–H and O–H groups in total. The molecule has 0 aliphatic rings. The minimum atomic E-state index is -4.55. The van der Waals surface area contributed by atoms with Gasteiger partial charge >= 0.3 is 6.18 Å². The van der Waals surface area contributed by atoms with Crippen molar-refractivity contribution in [2.24, 2.45) is 0 Å². The Balaban J connectivity index is 1.68. The summed E-state index contributed by atoms with van der Waals surface area (Å²) in [5.41, 5.74) is -1.35. The lowest BCUT2D eigenvalue weighted by molar-refractivity contribution is -0.137. The number of furan rings is 1. The van der Waals surface area contributed by atoms with Crippen LogP contribution in [-0.2, 0) is 17.6 Å². The van der Waals surface area contributed by atoms with Crippen molar-refractivity contribution in [2.45, 2.75) is 12.8 Å². The van der Waals surface area contributed by atoms with Gasteiger partial charge in [0.05, 0.1) is 10.6 Å². The van der Waals surface area contributed by atoms with Gasteiger partial charge in [-0.25, -0.2) is 0 Å². The second-order valence-corrected chi connectivity index (χ2v) is 6.63. The van der Waals surface area contributed by atoms with Crippen molar-refractivity contribution in [3.63, 3.8) is 0 Å². The smallest absolute Gasteiger partial charge is 0.416 e. The Morgan fingerprint density at radius 3 is 2.65 bits per heavy atom. The number of hydrogen-bond acceptors (Lipinski definition) is 4. The number of nitrogens with one attached hydrogen (secondary N) is 1. The molecule has 9 heteroatoms. The van der Waals surface area contributed by atoms with Gasteiger partial charge in [-0.3, -0.25) is 4.79 Å². The molecule has 5 nitrogen and oxygen atoms in total. The molecule has 2 aromatic carbocycles. The summed E-state index contributed by atoms with van der Waals surface area (Å²) >= 11 is 6.01. The molecule has 3 aromatic rings. The van der Waals surface area contributed by atoms with Crippen LogP contribution >= 0.6 is 11.6 Å². The summed E-state index contributed by atoms with van der Waals surface area (Å²) in [7, 11) is 0. The molecule has 0 aliphatic heterocycles. The molecule has 1 amide bonds. The number of hydrogen-bond donors (Lipinski definition) is 1. The second-order valence-electron chi connectivity index (χ2n) is 6.23. The molecule has 0 atom stereocenters. The fourth-order valence-corrected chi connectivity index (χ4v) is 2.71. The van der Waals surface area contributed by atoms with Crippen LogP contribution in [0.2, 0.25) is 5.02 Å². The Labute approximate surface area is 180 Å². The lowest BCUT2D eigenvalue weighted by Crippen LogP contribution is -2.14. The summed E-state index contributed by atoms with van der Waals surface area (Å²) < 4.78 is 49.5. The van der Waals surface area contributed by atoms with Gasteiger partial charge in [0.15, 0.2) is 0 Å². The van der Waals surface area contributed by atoms with E-state index in [0.717, 1.165) is 18.2 Å². The first kappa shape index (κ1) is 22.0. The van der Waals surface area contributed by atoms with Gasteiger partial charge in [-0.2, -0.15) is 18.4 Å². The molecule has 1 heterocycles. The lowest BCUT2D eigenvalue weighted by Gasteiger charge is -2.09. The zero-order valence-electron chi connectivity index (χ0n) is 15.7. The van der Waals surface area contributed by atoms with Crippen LogP contribution in [0.25, 0.3) is 6.08 Å². The maximum Gasteiger partial charge on any atom is 0.416 e. The Morgan fingerprint density at radius 2 is 1.94 bits per heavy atom. The number of carbonyl (C=O) groups is 1. The number of para-hydroxylation sites is 1. The highest BCUT2D eigenvalue weighted by molar-refractivity contribution is 6.32. The van der Waals surface area contributed by atoms with E-state index in [1.54, 1.807) is 36.4 Å². The van der Waals surface area contributed by atoms with Crippen molar-refractivity contribution >= 4 is 29.3 Å². The normalized spacial score (nSPS) is 11.6. The molecule has 0 unspecified atom stereocenters. The van der Waals surface area contributed by atoms with Crippen molar-refractivity contribution < 1.29 is 27.1 Å². The van der Waals surface area contributed by atoms with Crippen LogP contribution in [0, 0.1) is 11.3 Å². The Hall–Kier alpha value is -3.70. The van der Waals surface area contributed by atoms with Crippen molar-refractivity contribution in [1.29, 1.82) is 5.26 Å². The van der Waals surface area contributed by atoms with E-state index < -0.39 is 17.6 Å². The predicted molar refractivity (Wildman–Crippen MR) is 108 cm³/mol. The molecular formula is C22H14ClF3N2O3.